The summed E-state index contributed by atoms with van der Waals surface area (Å²) in [5.41, 5.74) is 2.35. The van der Waals surface area contributed by atoms with E-state index in [4.69, 9.17) is 4.74 Å². The number of aromatic nitrogens is 1. The van der Waals surface area contributed by atoms with E-state index in [0.717, 1.165) is 10.4 Å². The molecule has 1 heterocycles. The van der Waals surface area contributed by atoms with E-state index in [-0.39, 0.29) is 5.91 Å². The highest BCUT2D eigenvalue weighted by Crippen LogP contribution is 2.19. The lowest BCUT2D eigenvalue weighted by molar-refractivity contribution is -0.122. The molecule has 106 valence electrons. The second-order valence-electron chi connectivity index (χ2n) is 4.77. The fraction of sp³-hybridized carbons (Fsp3) is 0.333. The van der Waals surface area contributed by atoms with E-state index in [2.05, 4.69) is 10.3 Å². The summed E-state index contributed by atoms with van der Waals surface area (Å²) in [5.74, 6) is 0.503. The van der Waals surface area contributed by atoms with Crippen LogP contribution in [0.15, 0.2) is 24.4 Å². The van der Waals surface area contributed by atoms with Crippen LogP contribution in [0.5, 0.6) is 5.75 Å². The SMILES string of the molecule is Cc1cnc(NC(=O)[C@@H](C)Oc2ccc(C)c(C)c2)s1. The molecule has 0 radical (unpaired) electrons. The molecule has 0 aliphatic rings. The molecule has 0 unspecified atom stereocenters. The number of carbonyl (C=O) groups is 1. The average molecular weight is 290 g/mol. The highest BCUT2D eigenvalue weighted by atomic mass is 32.1. The first-order chi connectivity index (χ1) is 9.45. The molecule has 1 aromatic heterocycles. The molecule has 0 bridgehead atoms. The summed E-state index contributed by atoms with van der Waals surface area (Å²) < 4.78 is 5.66. The Morgan fingerprint density at radius 3 is 2.65 bits per heavy atom. The van der Waals surface area contributed by atoms with Crippen molar-refractivity contribution < 1.29 is 9.53 Å². The number of ether oxygens (including phenoxy) is 1. The van der Waals surface area contributed by atoms with Gasteiger partial charge in [-0.1, -0.05) is 6.07 Å². The summed E-state index contributed by atoms with van der Waals surface area (Å²) in [6.45, 7) is 7.73. The second kappa shape index (κ2) is 6.05. The Labute approximate surface area is 122 Å². The lowest BCUT2D eigenvalue weighted by Gasteiger charge is -2.14. The Morgan fingerprint density at radius 1 is 1.30 bits per heavy atom. The zero-order valence-corrected chi connectivity index (χ0v) is 12.9. The molecule has 0 saturated carbocycles. The van der Waals surface area contributed by atoms with E-state index in [1.54, 1.807) is 13.1 Å². The molecule has 1 N–H and O–H groups in total. The molecule has 0 aliphatic carbocycles. The summed E-state index contributed by atoms with van der Waals surface area (Å²) in [5, 5.41) is 3.35. The van der Waals surface area contributed by atoms with E-state index >= 15 is 0 Å². The zero-order chi connectivity index (χ0) is 14.7. The largest absolute Gasteiger partial charge is 0.481 e. The van der Waals surface area contributed by atoms with Gasteiger partial charge < -0.3 is 4.74 Å². The first kappa shape index (κ1) is 14.5. The number of nitrogens with one attached hydrogen (secondary N) is 1. The van der Waals surface area contributed by atoms with Crippen LogP contribution in [-0.2, 0) is 4.79 Å². The monoisotopic (exact) mass is 290 g/mol. The fourth-order valence-electron chi connectivity index (χ4n) is 1.66. The molecule has 2 aromatic rings. The van der Waals surface area contributed by atoms with Gasteiger partial charge in [-0.2, -0.15) is 0 Å². The topological polar surface area (TPSA) is 51.2 Å². The molecular weight excluding hydrogens is 272 g/mol. The number of hydrogen-bond acceptors (Lipinski definition) is 4. The lowest BCUT2D eigenvalue weighted by Crippen LogP contribution is -2.30. The van der Waals surface area contributed by atoms with E-state index in [0.29, 0.717) is 10.9 Å². The molecule has 0 spiro atoms. The van der Waals surface area contributed by atoms with E-state index in [9.17, 15) is 4.79 Å². The van der Waals surface area contributed by atoms with Crippen LogP contribution in [0.4, 0.5) is 5.13 Å². The van der Waals surface area contributed by atoms with Gasteiger partial charge in [0.1, 0.15) is 5.75 Å². The van der Waals surface area contributed by atoms with Crippen molar-refractivity contribution in [2.75, 3.05) is 5.32 Å². The van der Waals surface area contributed by atoms with Crippen molar-refractivity contribution in [1.82, 2.24) is 4.98 Å². The number of hydrogen-bond donors (Lipinski definition) is 1. The Kier molecular flexibility index (Phi) is 4.39. The molecule has 1 atom stereocenters. The van der Waals surface area contributed by atoms with Crippen molar-refractivity contribution in [3.8, 4) is 5.75 Å². The standard InChI is InChI=1S/C15H18N2O2S/c1-9-5-6-13(7-10(9)2)19-12(4)14(18)17-15-16-8-11(3)20-15/h5-8,12H,1-4H3,(H,16,17,18)/t12-/m1/s1. The first-order valence-electron chi connectivity index (χ1n) is 6.43. The van der Waals surface area contributed by atoms with Gasteiger partial charge in [0.15, 0.2) is 11.2 Å². The maximum atomic E-state index is 12.0. The van der Waals surface area contributed by atoms with Gasteiger partial charge in [-0.25, -0.2) is 4.98 Å². The summed E-state index contributed by atoms with van der Waals surface area (Å²) in [4.78, 5) is 17.2. The number of carbonyl (C=O) groups excluding carboxylic acids is 1. The maximum Gasteiger partial charge on any atom is 0.266 e. The molecule has 2 rings (SSSR count). The predicted molar refractivity (Wildman–Crippen MR) is 81.5 cm³/mol. The highest BCUT2D eigenvalue weighted by Gasteiger charge is 2.16. The van der Waals surface area contributed by atoms with Gasteiger partial charge in [-0.15, -0.1) is 11.3 Å². The van der Waals surface area contributed by atoms with E-state index < -0.39 is 6.10 Å². The number of thiazole rings is 1. The summed E-state index contributed by atoms with van der Waals surface area (Å²) in [7, 11) is 0. The zero-order valence-electron chi connectivity index (χ0n) is 12.1. The second-order valence-corrected chi connectivity index (χ2v) is 6.01. The fourth-order valence-corrected chi connectivity index (χ4v) is 2.33. The van der Waals surface area contributed by atoms with Crippen molar-refractivity contribution in [1.29, 1.82) is 0 Å². The molecule has 20 heavy (non-hydrogen) atoms. The maximum absolute atomic E-state index is 12.0. The molecule has 0 aliphatic heterocycles. The number of aryl methyl sites for hydroxylation is 3. The first-order valence-corrected chi connectivity index (χ1v) is 7.24. The molecule has 4 nitrogen and oxygen atoms in total. The van der Waals surface area contributed by atoms with Crippen LogP contribution in [0.25, 0.3) is 0 Å². The van der Waals surface area contributed by atoms with Crippen molar-refractivity contribution in [3.05, 3.63) is 40.4 Å². The van der Waals surface area contributed by atoms with Crippen LogP contribution in [0.2, 0.25) is 0 Å². The number of benzene rings is 1. The molecule has 5 heteroatoms. The Morgan fingerprint density at radius 2 is 2.05 bits per heavy atom. The Bertz CT molecular complexity index is 622. The van der Waals surface area contributed by atoms with Crippen LogP contribution < -0.4 is 10.1 Å². The third-order valence-corrected chi connectivity index (χ3v) is 3.84. The molecule has 1 aromatic carbocycles. The number of rotatable bonds is 4. The van der Waals surface area contributed by atoms with Gasteiger partial charge >= 0.3 is 0 Å². The Hall–Kier alpha value is -1.88. The number of anilines is 1. The molecule has 1 amide bonds. The van der Waals surface area contributed by atoms with Crippen molar-refractivity contribution in [3.63, 3.8) is 0 Å². The minimum atomic E-state index is -0.568. The minimum absolute atomic E-state index is 0.197. The van der Waals surface area contributed by atoms with Gasteiger partial charge in [-0.3, -0.25) is 10.1 Å². The van der Waals surface area contributed by atoms with Crippen LogP contribution in [-0.4, -0.2) is 17.0 Å². The number of nitrogens with zero attached hydrogens (tertiary/aromatic N) is 1. The molecule has 0 saturated heterocycles. The van der Waals surface area contributed by atoms with Crippen LogP contribution >= 0.6 is 11.3 Å². The smallest absolute Gasteiger partial charge is 0.266 e. The van der Waals surface area contributed by atoms with Gasteiger partial charge in [0.05, 0.1) is 0 Å². The third-order valence-electron chi connectivity index (χ3n) is 3.01. The summed E-state index contributed by atoms with van der Waals surface area (Å²) in [6.07, 6.45) is 1.16. The molecule has 0 fully saturated rings. The number of amides is 1. The minimum Gasteiger partial charge on any atom is -0.481 e. The van der Waals surface area contributed by atoms with Gasteiger partial charge in [0.2, 0.25) is 0 Å². The van der Waals surface area contributed by atoms with Gasteiger partial charge in [0.25, 0.3) is 5.91 Å². The molecular formula is C15H18N2O2S. The third kappa shape index (κ3) is 3.57. The van der Waals surface area contributed by atoms with E-state index in [1.165, 1.54) is 16.9 Å². The van der Waals surface area contributed by atoms with Crippen molar-refractivity contribution in [2.24, 2.45) is 0 Å². The van der Waals surface area contributed by atoms with Gasteiger partial charge in [-0.05, 0) is 51.0 Å². The predicted octanol–water partition coefficient (Wildman–Crippen LogP) is 3.47. The summed E-state index contributed by atoms with van der Waals surface area (Å²) >= 11 is 1.45. The lowest BCUT2D eigenvalue weighted by atomic mass is 10.1. The van der Waals surface area contributed by atoms with Crippen LogP contribution in [0.1, 0.15) is 22.9 Å². The van der Waals surface area contributed by atoms with Gasteiger partial charge in [0, 0.05) is 11.1 Å². The quantitative estimate of drug-likeness (QED) is 0.938. The van der Waals surface area contributed by atoms with Crippen molar-refractivity contribution >= 4 is 22.4 Å². The van der Waals surface area contributed by atoms with Crippen LogP contribution in [0.3, 0.4) is 0 Å². The average Bonchev–Trinajstić information content (AvgIpc) is 2.79. The highest BCUT2D eigenvalue weighted by molar-refractivity contribution is 7.15. The van der Waals surface area contributed by atoms with Crippen molar-refractivity contribution in [2.45, 2.75) is 33.8 Å². The van der Waals surface area contributed by atoms with E-state index in [1.807, 2.05) is 39.0 Å². The Balaban J connectivity index is 1.98. The van der Waals surface area contributed by atoms with Crippen LogP contribution in [0, 0.1) is 20.8 Å². The summed E-state index contributed by atoms with van der Waals surface area (Å²) in [6, 6.07) is 5.80. The normalized spacial score (nSPS) is 12.0.